The van der Waals surface area contributed by atoms with Gasteiger partial charge in [0.05, 0.1) is 18.6 Å². The predicted octanol–water partition coefficient (Wildman–Crippen LogP) is 2.20. The van der Waals surface area contributed by atoms with Gasteiger partial charge >= 0.3 is 0 Å². The first-order valence-electron chi connectivity index (χ1n) is 6.57. The van der Waals surface area contributed by atoms with Gasteiger partial charge in [0.2, 0.25) is 0 Å². The zero-order chi connectivity index (χ0) is 12.3. The van der Waals surface area contributed by atoms with Gasteiger partial charge in [0.1, 0.15) is 0 Å². The third kappa shape index (κ3) is 5.84. The van der Waals surface area contributed by atoms with Gasteiger partial charge in [-0.1, -0.05) is 26.2 Å². The van der Waals surface area contributed by atoms with E-state index in [2.05, 4.69) is 21.8 Å². The maximum atomic E-state index is 5.00. The Morgan fingerprint density at radius 3 is 3.00 bits per heavy atom. The summed E-state index contributed by atoms with van der Waals surface area (Å²) < 4.78 is 7.24. The number of nitrogens with zero attached hydrogens (tertiary/aromatic N) is 2. The molecule has 1 rings (SSSR count). The molecule has 4 nitrogen and oxygen atoms in total. The molecular weight excluding hydrogens is 214 g/mol. The van der Waals surface area contributed by atoms with E-state index in [1.165, 1.54) is 31.4 Å². The van der Waals surface area contributed by atoms with Crippen LogP contribution in [0.2, 0.25) is 0 Å². The zero-order valence-electron chi connectivity index (χ0n) is 11.1. The molecule has 0 bridgehead atoms. The Hall–Kier alpha value is -0.870. The summed E-state index contributed by atoms with van der Waals surface area (Å²) in [4.78, 5) is 4.21. The molecule has 0 aliphatic rings. The minimum atomic E-state index is 0.755. The van der Waals surface area contributed by atoms with Crippen molar-refractivity contribution in [3.05, 3.63) is 18.2 Å². The summed E-state index contributed by atoms with van der Waals surface area (Å²) in [6, 6.07) is 0. The fraction of sp³-hybridized carbons (Fsp3) is 0.769. The van der Waals surface area contributed by atoms with Gasteiger partial charge < -0.3 is 14.6 Å². The van der Waals surface area contributed by atoms with Gasteiger partial charge in [-0.3, -0.25) is 0 Å². The largest absolute Gasteiger partial charge is 0.383 e. The number of aromatic nitrogens is 2. The first kappa shape index (κ1) is 14.2. The van der Waals surface area contributed by atoms with Crippen molar-refractivity contribution >= 4 is 0 Å². The SMILES string of the molecule is CCCCCCn1cncc1CNCCOC. The van der Waals surface area contributed by atoms with E-state index in [0.717, 1.165) is 26.2 Å². The molecule has 0 aromatic carbocycles. The highest BCUT2D eigenvalue weighted by atomic mass is 16.5. The van der Waals surface area contributed by atoms with Crippen LogP contribution in [0.5, 0.6) is 0 Å². The molecule has 0 saturated carbocycles. The summed E-state index contributed by atoms with van der Waals surface area (Å²) in [6.45, 7) is 5.84. The quantitative estimate of drug-likeness (QED) is 0.636. The van der Waals surface area contributed by atoms with E-state index in [9.17, 15) is 0 Å². The van der Waals surface area contributed by atoms with Crippen molar-refractivity contribution in [1.82, 2.24) is 14.9 Å². The van der Waals surface area contributed by atoms with E-state index < -0.39 is 0 Å². The van der Waals surface area contributed by atoms with Crippen LogP contribution in [0, 0.1) is 0 Å². The average molecular weight is 239 g/mol. The highest BCUT2D eigenvalue weighted by Gasteiger charge is 2.01. The van der Waals surface area contributed by atoms with Crippen LogP contribution in [0.15, 0.2) is 12.5 Å². The number of imidazole rings is 1. The fourth-order valence-corrected chi connectivity index (χ4v) is 1.80. The van der Waals surface area contributed by atoms with Crippen molar-refractivity contribution in [2.75, 3.05) is 20.3 Å². The number of rotatable bonds is 10. The molecule has 0 radical (unpaired) electrons. The Bertz CT molecular complexity index is 259. The Morgan fingerprint density at radius 1 is 1.35 bits per heavy atom. The van der Waals surface area contributed by atoms with E-state index in [0.29, 0.717) is 0 Å². The van der Waals surface area contributed by atoms with Gasteiger partial charge in [-0.05, 0) is 6.42 Å². The number of unbranched alkanes of at least 4 members (excludes halogenated alkanes) is 3. The summed E-state index contributed by atoms with van der Waals surface area (Å²) in [5, 5.41) is 3.34. The second kappa shape index (κ2) is 9.19. The summed E-state index contributed by atoms with van der Waals surface area (Å²) in [5.74, 6) is 0. The minimum absolute atomic E-state index is 0.755. The third-order valence-corrected chi connectivity index (χ3v) is 2.84. The van der Waals surface area contributed by atoms with Crippen LogP contribution in [0.4, 0.5) is 0 Å². The van der Waals surface area contributed by atoms with Crippen LogP contribution < -0.4 is 5.32 Å². The van der Waals surface area contributed by atoms with Crippen molar-refractivity contribution in [3.63, 3.8) is 0 Å². The Labute approximate surface area is 104 Å². The average Bonchev–Trinajstić information content (AvgIpc) is 2.78. The summed E-state index contributed by atoms with van der Waals surface area (Å²) in [6.07, 6.45) is 9.05. The molecule has 0 saturated heterocycles. The molecule has 0 amide bonds. The van der Waals surface area contributed by atoms with Gasteiger partial charge in [-0.25, -0.2) is 4.98 Å². The molecule has 1 heterocycles. The molecule has 1 N–H and O–H groups in total. The van der Waals surface area contributed by atoms with E-state index in [1.807, 2.05) is 12.5 Å². The molecule has 17 heavy (non-hydrogen) atoms. The second-order valence-corrected chi connectivity index (χ2v) is 4.31. The third-order valence-electron chi connectivity index (χ3n) is 2.84. The lowest BCUT2D eigenvalue weighted by molar-refractivity contribution is 0.199. The number of aryl methyl sites for hydroxylation is 1. The highest BCUT2D eigenvalue weighted by Crippen LogP contribution is 2.05. The van der Waals surface area contributed by atoms with Crippen molar-refractivity contribution in [2.24, 2.45) is 0 Å². The van der Waals surface area contributed by atoms with E-state index in [-0.39, 0.29) is 0 Å². The number of methoxy groups -OCH3 is 1. The maximum absolute atomic E-state index is 5.00. The molecule has 98 valence electrons. The van der Waals surface area contributed by atoms with Crippen LogP contribution in [0.3, 0.4) is 0 Å². The topological polar surface area (TPSA) is 39.1 Å². The van der Waals surface area contributed by atoms with Crippen molar-refractivity contribution < 1.29 is 4.74 Å². The lowest BCUT2D eigenvalue weighted by Gasteiger charge is -2.08. The van der Waals surface area contributed by atoms with Gasteiger partial charge in [-0.2, -0.15) is 0 Å². The smallest absolute Gasteiger partial charge is 0.0948 e. The Balaban J connectivity index is 2.22. The molecule has 1 aromatic heterocycles. The Kier molecular flexibility index (Phi) is 7.67. The first-order valence-corrected chi connectivity index (χ1v) is 6.57. The number of hydrogen-bond acceptors (Lipinski definition) is 3. The van der Waals surface area contributed by atoms with Gasteiger partial charge in [0.15, 0.2) is 0 Å². The molecule has 0 spiro atoms. The van der Waals surface area contributed by atoms with Crippen molar-refractivity contribution in [1.29, 1.82) is 0 Å². The van der Waals surface area contributed by atoms with E-state index in [1.54, 1.807) is 7.11 Å². The van der Waals surface area contributed by atoms with Gasteiger partial charge in [-0.15, -0.1) is 0 Å². The highest BCUT2D eigenvalue weighted by molar-refractivity contribution is 4.97. The molecular formula is C13H25N3O. The lowest BCUT2D eigenvalue weighted by Crippen LogP contribution is -2.20. The summed E-state index contributed by atoms with van der Waals surface area (Å²) in [7, 11) is 1.72. The van der Waals surface area contributed by atoms with E-state index in [4.69, 9.17) is 4.74 Å². The predicted molar refractivity (Wildman–Crippen MR) is 70.0 cm³/mol. The summed E-state index contributed by atoms with van der Waals surface area (Å²) in [5.41, 5.74) is 1.26. The molecule has 0 aliphatic carbocycles. The number of ether oxygens (including phenoxy) is 1. The molecule has 0 atom stereocenters. The fourth-order valence-electron chi connectivity index (χ4n) is 1.80. The second-order valence-electron chi connectivity index (χ2n) is 4.31. The van der Waals surface area contributed by atoms with Crippen LogP contribution in [-0.4, -0.2) is 29.8 Å². The standard InChI is InChI=1S/C13H25N3O/c1-3-4-5-6-8-16-12-15-11-13(16)10-14-7-9-17-2/h11-12,14H,3-10H2,1-2H3. The summed E-state index contributed by atoms with van der Waals surface area (Å²) >= 11 is 0. The molecule has 0 fully saturated rings. The maximum Gasteiger partial charge on any atom is 0.0948 e. The Morgan fingerprint density at radius 2 is 2.24 bits per heavy atom. The zero-order valence-corrected chi connectivity index (χ0v) is 11.1. The van der Waals surface area contributed by atoms with Gasteiger partial charge in [0, 0.05) is 32.9 Å². The monoisotopic (exact) mass is 239 g/mol. The number of nitrogens with one attached hydrogen (secondary N) is 1. The molecule has 0 aliphatic heterocycles. The van der Waals surface area contributed by atoms with Crippen molar-refractivity contribution in [3.8, 4) is 0 Å². The molecule has 0 unspecified atom stereocenters. The number of hydrogen-bond donors (Lipinski definition) is 1. The first-order chi connectivity index (χ1) is 8.38. The van der Waals surface area contributed by atoms with Crippen LogP contribution in [-0.2, 0) is 17.8 Å². The van der Waals surface area contributed by atoms with Crippen LogP contribution >= 0.6 is 0 Å². The van der Waals surface area contributed by atoms with Crippen LogP contribution in [0.1, 0.15) is 38.3 Å². The molecule has 1 aromatic rings. The normalized spacial score (nSPS) is 10.9. The lowest BCUT2D eigenvalue weighted by atomic mass is 10.2. The minimum Gasteiger partial charge on any atom is -0.383 e. The van der Waals surface area contributed by atoms with Gasteiger partial charge in [0.25, 0.3) is 0 Å². The van der Waals surface area contributed by atoms with Crippen LogP contribution in [0.25, 0.3) is 0 Å². The van der Waals surface area contributed by atoms with E-state index >= 15 is 0 Å². The molecule has 4 heteroatoms. The van der Waals surface area contributed by atoms with Crippen molar-refractivity contribution in [2.45, 2.75) is 45.7 Å².